The number of nitrogens with zero attached hydrogens (tertiary/aromatic N) is 2. The van der Waals surface area contributed by atoms with Gasteiger partial charge in [0.1, 0.15) is 11.5 Å². The van der Waals surface area contributed by atoms with Gasteiger partial charge in [0.05, 0.1) is 17.9 Å². The highest BCUT2D eigenvalue weighted by Gasteiger charge is 2.15. The Kier molecular flexibility index (Phi) is 7.09. The molecule has 9 heteroatoms. The zero-order chi connectivity index (χ0) is 22.4. The third kappa shape index (κ3) is 5.73. The van der Waals surface area contributed by atoms with E-state index in [1.165, 1.54) is 12.1 Å². The maximum absolute atomic E-state index is 12.6. The highest BCUT2D eigenvalue weighted by molar-refractivity contribution is 9.10. The number of esters is 1. The molecule has 0 bridgehead atoms. The van der Waals surface area contributed by atoms with E-state index < -0.39 is 11.9 Å². The summed E-state index contributed by atoms with van der Waals surface area (Å²) in [6.07, 6.45) is 1.58. The SMILES string of the molecule is CCOC(=O)c1ccc(C(=O)Nc2cccc(C(=O)Nc3ccc(Br)cn3)c2)nc1C. The average Bonchev–Trinajstić information content (AvgIpc) is 2.75. The van der Waals surface area contributed by atoms with Crippen molar-refractivity contribution < 1.29 is 19.1 Å². The molecular formula is C22H19BrN4O4. The lowest BCUT2D eigenvalue weighted by atomic mass is 10.1. The van der Waals surface area contributed by atoms with Crippen molar-refractivity contribution in [2.24, 2.45) is 0 Å². The molecule has 2 N–H and O–H groups in total. The fourth-order valence-corrected chi connectivity index (χ4v) is 2.92. The number of halogens is 1. The van der Waals surface area contributed by atoms with Gasteiger partial charge in [0.2, 0.25) is 0 Å². The topological polar surface area (TPSA) is 110 Å². The molecule has 31 heavy (non-hydrogen) atoms. The Morgan fingerprint density at radius 1 is 1.03 bits per heavy atom. The van der Waals surface area contributed by atoms with Gasteiger partial charge in [-0.1, -0.05) is 6.07 Å². The second-order valence-electron chi connectivity index (χ2n) is 6.40. The molecule has 2 heterocycles. The molecule has 0 spiro atoms. The number of pyridine rings is 2. The van der Waals surface area contributed by atoms with Crippen LogP contribution in [0.4, 0.5) is 11.5 Å². The summed E-state index contributed by atoms with van der Waals surface area (Å²) < 4.78 is 5.76. The molecule has 2 aromatic heterocycles. The third-order valence-electron chi connectivity index (χ3n) is 4.17. The van der Waals surface area contributed by atoms with Crippen LogP contribution in [-0.4, -0.2) is 34.4 Å². The molecule has 0 unspecified atom stereocenters. The van der Waals surface area contributed by atoms with Crippen LogP contribution in [0.25, 0.3) is 0 Å². The Hall–Kier alpha value is -3.59. The van der Waals surface area contributed by atoms with Crippen molar-refractivity contribution in [3.63, 3.8) is 0 Å². The predicted molar refractivity (Wildman–Crippen MR) is 119 cm³/mol. The van der Waals surface area contributed by atoms with E-state index >= 15 is 0 Å². The number of hydrogen-bond acceptors (Lipinski definition) is 6. The fraction of sp³-hybridized carbons (Fsp3) is 0.136. The molecule has 0 aliphatic carbocycles. The molecule has 0 fully saturated rings. The van der Waals surface area contributed by atoms with Gasteiger partial charge < -0.3 is 15.4 Å². The van der Waals surface area contributed by atoms with Crippen LogP contribution in [-0.2, 0) is 4.74 Å². The molecule has 0 radical (unpaired) electrons. The number of hydrogen-bond donors (Lipinski definition) is 2. The van der Waals surface area contributed by atoms with Crippen LogP contribution in [0.3, 0.4) is 0 Å². The number of aromatic nitrogens is 2. The van der Waals surface area contributed by atoms with E-state index in [2.05, 4.69) is 36.5 Å². The van der Waals surface area contributed by atoms with Gasteiger partial charge in [0.25, 0.3) is 11.8 Å². The third-order valence-corrected chi connectivity index (χ3v) is 4.63. The van der Waals surface area contributed by atoms with Crippen LogP contribution in [0.2, 0.25) is 0 Å². The number of benzene rings is 1. The molecule has 0 aliphatic heterocycles. The normalized spacial score (nSPS) is 10.3. The highest BCUT2D eigenvalue weighted by Crippen LogP contribution is 2.16. The van der Waals surface area contributed by atoms with E-state index in [4.69, 9.17) is 4.74 Å². The van der Waals surface area contributed by atoms with Crippen LogP contribution in [0.15, 0.2) is 59.2 Å². The minimum atomic E-state index is -0.488. The van der Waals surface area contributed by atoms with Crippen molar-refractivity contribution in [1.29, 1.82) is 0 Å². The number of aryl methyl sites for hydroxylation is 1. The van der Waals surface area contributed by atoms with Gasteiger partial charge in [0, 0.05) is 21.9 Å². The van der Waals surface area contributed by atoms with Crippen molar-refractivity contribution in [2.75, 3.05) is 17.2 Å². The van der Waals surface area contributed by atoms with E-state index in [0.29, 0.717) is 28.3 Å². The summed E-state index contributed by atoms with van der Waals surface area (Å²) in [5.41, 5.74) is 1.61. The average molecular weight is 483 g/mol. The lowest BCUT2D eigenvalue weighted by Gasteiger charge is -2.09. The first kappa shape index (κ1) is 22.1. The zero-order valence-corrected chi connectivity index (χ0v) is 18.4. The molecular weight excluding hydrogens is 464 g/mol. The quantitative estimate of drug-likeness (QED) is 0.508. The minimum absolute atomic E-state index is 0.138. The summed E-state index contributed by atoms with van der Waals surface area (Å²) in [4.78, 5) is 45.2. The van der Waals surface area contributed by atoms with Crippen LogP contribution in [0.5, 0.6) is 0 Å². The molecule has 2 amide bonds. The largest absolute Gasteiger partial charge is 0.462 e. The number of carbonyl (C=O) groups excluding carboxylic acids is 3. The van der Waals surface area contributed by atoms with E-state index in [-0.39, 0.29) is 18.2 Å². The van der Waals surface area contributed by atoms with E-state index in [1.54, 1.807) is 56.4 Å². The Bertz CT molecular complexity index is 1130. The predicted octanol–water partition coefficient (Wildman–Crippen LogP) is 4.23. The summed E-state index contributed by atoms with van der Waals surface area (Å²) in [6, 6.07) is 12.9. The molecule has 1 aromatic carbocycles. The lowest BCUT2D eigenvalue weighted by Crippen LogP contribution is -2.17. The first-order valence-corrected chi connectivity index (χ1v) is 10.2. The summed E-state index contributed by atoms with van der Waals surface area (Å²) >= 11 is 3.29. The molecule has 3 aromatic rings. The number of amides is 2. The standard InChI is InChI=1S/C22H19BrN4O4/c1-3-31-22(30)17-8-9-18(25-13(17)2)21(29)26-16-6-4-5-14(11-16)20(28)27-19-10-7-15(23)12-24-19/h4-12H,3H2,1-2H3,(H,26,29)(H,24,27,28). The molecule has 0 saturated heterocycles. The number of carbonyl (C=O) groups is 3. The Labute approximate surface area is 187 Å². The summed E-state index contributed by atoms with van der Waals surface area (Å²) in [5.74, 6) is -0.910. The van der Waals surface area contributed by atoms with Gasteiger partial charge in [-0.3, -0.25) is 9.59 Å². The second-order valence-corrected chi connectivity index (χ2v) is 7.32. The van der Waals surface area contributed by atoms with E-state index in [9.17, 15) is 14.4 Å². The first-order chi connectivity index (χ1) is 14.9. The Morgan fingerprint density at radius 3 is 2.52 bits per heavy atom. The molecule has 0 saturated carbocycles. The second kappa shape index (κ2) is 9.94. The van der Waals surface area contributed by atoms with Gasteiger partial charge in [0.15, 0.2) is 0 Å². The molecule has 0 aliphatic rings. The van der Waals surface area contributed by atoms with Crippen molar-refractivity contribution in [2.45, 2.75) is 13.8 Å². The smallest absolute Gasteiger partial charge is 0.339 e. The van der Waals surface area contributed by atoms with Gasteiger partial charge in [-0.25, -0.2) is 14.8 Å². The highest BCUT2D eigenvalue weighted by atomic mass is 79.9. The van der Waals surface area contributed by atoms with Crippen molar-refractivity contribution >= 4 is 45.2 Å². The minimum Gasteiger partial charge on any atom is -0.462 e. The van der Waals surface area contributed by atoms with Gasteiger partial charge >= 0.3 is 5.97 Å². The van der Waals surface area contributed by atoms with Crippen LogP contribution >= 0.6 is 15.9 Å². The number of ether oxygens (including phenoxy) is 1. The number of rotatable bonds is 6. The first-order valence-electron chi connectivity index (χ1n) is 9.36. The zero-order valence-electron chi connectivity index (χ0n) is 16.8. The van der Waals surface area contributed by atoms with Gasteiger partial charge in [-0.15, -0.1) is 0 Å². The number of anilines is 2. The molecule has 8 nitrogen and oxygen atoms in total. The maximum Gasteiger partial charge on any atom is 0.339 e. The van der Waals surface area contributed by atoms with Crippen LogP contribution in [0, 0.1) is 6.92 Å². The molecule has 158 valence electrons. The van der Waals surface area contributed by atoms with Crippen LogP contribution < -0.4 is 10.6 Å². The summed E-state index contributed by atoms with van der Waals surface area (Å²) in [7, 11) is 0. The maximum atomic E-state index is 12.6. The van der Waals surface area contributed by atoms with Gasteiger partial charge in [-0.2, -0.15) is 0 Å². The lowest BCUT2D eigenvalue weighted by molar-refractivity contribution is 0.0524. The summed E-state index contributed by atoms with van der Waals surface area (Å²) in [6.45, 7) is 3.60. The Morgan fingerprint density at radius 2 is 1.84 bits per heavy atom. The monoisotopic (exact) mass is 482 g/mol. The van der Waals surface area contributed by atoms with Crippen molar-refractivity contribution in [3.8, 4) is 0 Å². The number of nitrogens with one attached hydrogen (secondary N) is 2. The van der Waals surface area contributed by atoms with E-state index in [0.717, 1.165) is 4.47 Å². The van der Waals surface area contributed by atoms with Crippen molar-refractivity contribution in [3.05, 3.63) is 81.7 Å². The molecule has 0 atom stereocenters. The van der Waals surface area contributed by atoms with Gasteiger partial charge in [-0.05, 0) is 72.2 Å². The summed E-state index contributed by atoms with van der Waals surface area (Å²) in [5, 5.41) is 5.40. The fourth-order valence-electron chi connectivity index (χ4n) is 2.68. The van der Waals surface area contributed by atoms with Crippen LogP contribution in [0.1, 0.15) is 43.8 Å². The molecule has 3 rings (SSSR count). The van der Waals surface area contributed by atoms with Crippen molar-refractivity contribution in [1.82, 2.24) is 9.97 Å². The Balaban J connectivity index is 1.71. The van der Waals surface area contributed by atoms with E-state index in [1.807, 2.05) is 0 Å².